The zero-order chi connectivity index (χ0) is 10.3. The fraction of sp³-hybridized carbons (Fsp3) is 0.727. The van der Waals surface area contributed by atoms with Gasteiger partial charge in [-0.3, -0.25) is 4.90 Å². The molecule has 1 aromatic rings. The average Bonchev–Trinajstić information content (AvgIpc) is 2.83. The molecule has 0 aromatic carbocycles. The maximum Gasteiger partial charge on any atom is 0.0798 e. The third-order valence-electron chi connectivity index (χ3n) is 3.31. The van der Waals surface area contributed by atoms with Crippen molar-refractivity contribution in [1.82, 2.24) is 9.88 Å². The summed E-state index contributed by atoms with van der Waals surface area (Å²) >= 11 is 1.81. The van der Waals surface area contributed by atoms with E-state index < -0.39 is 0 Å². The quantitative estimate of drug-likeness (QED) is 0.845. The van der Waals surface area contributed by atoms with Crippen molar-refractivity contribution >= 4 is 11.3 Å². The van der Waals surface area contributed by atoms with Crippen molar-refractivity contribution in [2.24, 2.45) is 5.73 Å². The number of nitrogens with zero attached hydrogens (tertiary/aromatic N) is 2. The summed E-state index contributed by atoms with van der Waals surface area (Å²) in [5, 5.41) is 0. The van der Waals surface area contributed by atoms with Crippen LogP contribution in [0.2, 0.25) is 0 Å². The van der Waals surface area contributed by atoms with Crippen molar-refractivity contribution in [3.8, 4) is 0 Å². The molecule has 1 aliphatic heterocycles. The molecule has 2 heterocycles. The second kappa shape index (κ2) is 3.85. The molecular weight excluding hydrogens is 206 g/mol. The van der Waals surface area contributed by atoms with Crippen LogP contribution in [0.25, 0.3) is 0 Å². The van der Waals surface area contributed by atoms with Gasteiger partial charge in [0.1, 0.15) is 0 Å². The first kappa shape index (κ1) is 9.75. The van der Waals surface area contributed by atoms with E-state index in [1.807, 2.05) is 16.8 Å². The topological polar surface area (TPSA) is 42.1 Å². The molecule has 0 bridgehead atoms. The third kappa shape index (κ3) is 2.07. The summed E-state index contributed by atoms with van der Waals surface area (Å²) in [6.45, 7) is 3.29. The first-order chi connectivity index (χ1) is 7.33. The molecule has 2 fully saturated rings. The number of thiazole rings is 1. The molecule has 0 radical (unpaired) electrons. The minimum Gasteiger partial charge on any atom is -0.326 e. The molecule has 0 amide bonds. The van der Waals surface area contributed by atoms with Crippen LogP contribution in [-0.2, 0) is 6.54 Å². The fourth-order valence-corrected chi connectivity index (χ4v) is 3.19. The average molecular weight is 223 g/mol. The number of rotatable bonds is 3. The summed E-state index contributed by atoms with van der Waals surface area (Å²) in [7, 11) is 0. The van der Waals surface area contributed by atoms with Gasteiger partial charge in [0.15, 0.2) is 0 Å². The Bertz CT molecular complexity index is 345. The molecule has 2 N–H and O–H groups in total. The third-order valence-corrected chi connectivity index (χ3v) is 4.15. The molecule has 4 heteroatoms. The highest BCUT2D eigenvalue weighted by Crippen LogP contribution is 2.42. The van der Waals surface area contributed by atoms with Crippen LogP contribution >= 0.6 is 11.3 Å². The predicted molar refractivity (Wildman–Crippen MR) is 62.0 cm³/mol. The van der Waals surface area contributed by atoms with Gasteiger partial charge < -0.3 is 5.73 Å². The first-order valence-corrected chi connectivity index (χ1v) is 6.61. The van der Waals surface area contributed by atoms with Crippen LogP contribution < -0.4 is 5.73 Å². The maximum atomic E-state index is 5.91. The smallest absolute Gasteiger partial charge is 0.0798 e. The zero-order valence-electron chi connectivity index (χ0n) is 8.85. The Morgan fingerprint density at radius 1 is 1.47 bits per heavy atom. The second-order valence-corrected chi connectivity index (χ2v) is 5.66. The van der Waals surface area contributed by atoms with E-state index in [0.717, 1.165) is 32.0 Å². The lowest BCUT2D eigenvalue weighted by Crippen LogP contribution is -2.26. The summed E-state index contributed by atoms with van der Waals surface area (Å²) in [5.41, 5.74) is 9.28. The lowest BCUT2D eigenvalue weighted by molar-refractivity contribution is 0.328. The van der Waals surface area contributed by atoms with Gasteiger partial charge in [0.2, 0.25) is 0 Å². The van der Waals surface area contributed by atoms with Crippen molar-refractivity contribution in [3.05, 3.63) is 16.1 Å². The minimum absolute atomic E-state index is 0.391. The van der Waals surface area contributed by atoms with Crippen molar-refractivity contribution in [2.75, 3.05) is 13.1 Å². The number of hydrogen-bond donors (Lipinski definition) is 1. The van der Waals surface area contributed by atoms with Crippen LogP contribution in [0, 0.1) is 0 Å². The van der Waals surface area contributed by atoms with Crippen molar-refractivity contribution in [1.29, 1.82) is 0 Å². The SMILES string of the molecule is N[C@@H]1CCN(Cc2scnc2C2CC2)C1. The molecular formula is C11H17N3S. The lowest BCUT2D eigenvalue weighted by atomic mass is 10.2. The van der Waals surface area contributed by atoms with Crippen molar-refractivity contribution < 1.29 is 0 Å². The summed E-state index contributed by atoms with van der Waals surface area (Å²) in [6, 6.07) is 0.391. The van der Waals surface area contributed by atoms with Gasteiger partial charge in [0.25, 0.3) is 0 Å². The van der Waals surface area contributed by atoms with Crippen molar-refractivity contribution in [3.63, 3.8) is 0 Å². The van der Waals surface area contributed by atoms with Crippen LogP contribution in [0.5, 0.6) is 0 Å². The Balaban J connectivity index is 1.68. The van der Waals surface area contributed by atoms with Crippen LogP contribution in [-0.4, -0.2) is 29.0 Å². The Morgan fingerprint density at radius 3 is 3.00 bits per heavy atom. The molecule has 3 rings (SSSR count). The number of likely N-dealkylation sites (tertiary alicyclic amines) is 1. The van der Waals surface area contributed by atoms with Gasteiger partial charge in [0.05, 0.1) is 11.2 Å². The molecule has 2 aliphatic rings. The van der Waals surface area contributed by atoms with Crippen LogP contribution in [0.3, 0.4) is 0 Å². The van der Waals surface area contributed by atoms with E-state index in [4.69, 9.17) is 5.73 Å². The minimum atomic E-state index is 0.391. The summed E-state index contributed by atoms with van der Waals surface area (Å²) in [6.07, 6.45) is 3.84. The van der Waals surface area contributed by atoms with Crippen LogP contribution in [0.15, 0.2) is 5.51 Å². The number of aromatic nitrogens is 1. The van der Waals surface area contributed by atoms with Gasteiger partial charge in [-0.25, -0.2) is 4.98 Å². The van der Waals surface area contributed by atoms with Crippen LogP contribution in [0.4, 0.5) is 0 Å². The largest absolute Gasteiger partial charge is 0.326 e. The van der Waals surface area contributed by atoms with Gasteiger partial charge in [-0.05, 0) is 19.3 Å². The second-order valence-electron chi connectivity index (χ2n) is 4.72. The Morgan fingerprint density at radius 2 is 2.33 bits per heavy atom. The fourth-order valence-electron chi connectivity index (χ4n) is 2.30. The molecule has 82 valence electrons. The van der Waals surface area contributed by atoms with Gasteiger partial charge in [0, 0.05) is 36.5 Å². The van der Waals surface area contributed by atoms with E-state index in [2.05, 4.69) is 9.88 Å². The van der Waals surface area contributed by atoms with E-state index in [1.165, 1.54) is 23.4 Å². The zero-order valence-corrected chi connectivity index (χ0v) is 9.67. The van der Waals surface area contributed by atoms with Gasteiger partial charge in [-0.1, -0.05) is 0 Å². The Kier molecular flexibility index (Phi) is 2.50. The Hall–Kier alpha value is -0.450. The lowest BCUT2D eigenvalue weighted by Gasteiger charge is -2.14. The highest BCUT2D eigenvalue weighted by molar-refractivity contribution is 7.09. The molecule has 15 heavy (non-hydrogen) atoms. The molecule has 1 aliphatic carbocycles. The summed E-state index contributed by atoms with van der Waals surface area (Å²) < 4.78 is 0. The van der Waals surface area contributed by atoms with E-state index in [0.29, 0.717) is 6.04 Å². The molecule has 0 unspecified atom stereocenters. The van der Waals surface area contributed by atoms with E-state index >= 15 is 0 Å². The highest BCUT2D eigenvalue weighted by atomic mass is 32.1. The molecule has 1 aromatic heterocycles. The molecule has 1 atom stereocenters. The number of hydrogen-bond acceptors (Lipinski definition) is 4. The summed E-state index contributed by atoms with van der Waals surface area (Å²) in [5.74, 6) is 0.780. The van der Waals surface area contributed by atoms with Crippen LogP contribution in [0.1, 0.15) is 35.8 Å². The van der Waals surface area contributed by atoms with E-state index in [9.17, 15) is 0 Å². The molecule has 3 nitrogen and oxygen atoms in total. The van der Waals surface area contributed by atoms with E-state index in [1.54, 1.807) is 0 Å². The monoisotopic (exact) mass is 223 g/mol. The maximum absolute atomic E-state index is 5.91. The van der Waals surface area contributed by atoms with Gasteiger partial charge >= 0.3 is 0 Å². The predicted octanol–water partition coefficient (Wildman–Crippen LogP) is 1.55. The van der Waals surface area contributed by atoms with Crippen molar-refractivity contribution in [2.45, 2.75) is 37.8 Å². The molecule has 1 saturated carbocycles. The summed E-state index contributed by atoms with van der Waals surface area (Å²) in [4.78, 5) is 8.44. The highest BCUT2D eigenvalue weighted by Gasteiger charge is 2.29. The number of nitrogens with two attached hydrogens (primary N) is 1. The Labute approximate surface area is 94.3 Å². The molecule has 0 spiro atoms. The standard InChI is InChI=1S/C11H17N3S/c12-9-3-4-14(5-9)6-10-11(8-1-2-8)13-7-15-10/h7-9H,1-6,12H2/t9-/m1/s1. The van der Waals surface area contributed by atoms with E-state index in [-0.39, 0.29) is 0 Å². The normalized spacial score (nSPS) is 27.4. The first-order valence-electron chi connectivity index (χ1n) is 5.73. The van der Waals surface area contributed by atoms with Gasteiger partial charge in [-0.2, -0.15) is 0 Å². The molecule has 1 saturated heterocycles. The van der Waals surface area contributed by atoms with Gasteiger partial charge in [-0.15, -0.1) is 11.3 Å².